The highest BCUT2D eigenvalue weighted by molar-refractivity contribution is 8.00. The number of amides is 2. The summed E-state index contributed by atoms with van der Waals surface area (Å²) in [4.78, 5) is 46.7. The zero-order valence-corrected chi connectivity index (χ0v) is 27.0. The van der Waals surface area contributed by atoms with E-state index in [1.807, 2.05) is 49.4 Å². The van der Waals surface area contributed by atoms with Gasteiger partial charge in [0.05, 0.1) is 23.2 Å². The monoisotopic (exact) mass is 680 g/mol. The average Bonchev–Trinajstić information content (AvgIpc) is 3.70. The van der Waals surface area contributed by atoms with E-state index in [0.29, 0.717) is 26.4 Å². The van der Waals surface area contributed by atoms with Gasteiger partial charge in [-0.2, -0.15) is 0 Å². The van der Waals surface area contributed by atoms with Crippen LogP contribution in [0.25, 0.3) is 11.0 Å². The summed E-state index contributed by atoms with van der Waals surface area (Å²) in [7, 11) is 0. The van der Waals surface area contributed by atoms with Gasteiger partial charge < -0.3 is 9.32 Å². The molecule has 12 heteroatoms. The summed E-state index contributed by atoms with van der Waals surface area (Å²) in [5, 5.41) is 9.36. The van der Waals surface area contributed by atoms with Gasteiger partial charge in [-0.25, -0.2) is 4.39 Å². The number of thioether (sulfide) groups is 1. The molecule has 0 aliphatic carbocycles. The standard InChI is InChI=1S/C35H22ClFN4O4S2/c1-19-9-11-20(12-10-19)17-40-26-8-3-2-7-25(26)35(32(40)44)28-29(42)24-16-23(37)13-14-27(24)45-30(28)31(43)41(35)33-38-39-34(47-33)46-18-21-5-4-6-22(36)15-21/h2-16H,17-18H2,1H3. The number of fused-ring (bicyclic) bond motifs is 5. The van der Waals surface area contributed by atoms with Gasteiger partial charge >= 0.3 is 0 Å². The predicted molar refractivity (Wildman–Crippen MR) is 180 cm³/mol. The number of nitrogens with zero attached hydrogens (tertiary/aromatic N) is 4. The van der Waals surface area contributed by atoms with Gasteiger partial charge in [-0.15, -0.1) is 10.2 Å². The predicted octanol–water partition coefficient (Wildman–Crippen LogP) is 7.49. The Kier molecular flexibility index (Phi) is 7.01. The van der Waals surface area contributed by atoms with Crippen LogP contribution in [0, 0.1) is 12.7 Å². The molecule has 2 aromatic heterocycles. The van der Waals surface area contributed by atoms with E-state index in [9.17, 15) is 14.0 Å². The van der Waals surface area contributed by atoms with E-state index in [-0.39, 0.29) is 34.0 Å². The maximum atomic E-state index is 15.1. The van der Waals surface area contributed by atoms with Gasteiger partial charge in [0.15, 0.2) is 15.3 Å². The van der Waals surface area contributed by atoms with Gasteiger partial charge in [0.25, 0.3) is 11.8 Å². The molecule has 6 aromatic rings. The highest BCUT2D eigenvalue weighted by atomic mass is 35.5. The third-order valence-corrected chi connectivity index (χ3v) is 10.7. The summed E-state index contributed by atoms with van der Waals surface area (Å²) in [6.45, 7) is 2.16. The number of para-hydroxylation sites is 1. The molecular formula is C35H22ClFN4O4S2. The van der Waals surface area contributed by atoms with E-state index in [1.54, 1.807) is 35.2 Å². The fraction of sp³-hybridized carbons (Fsp3) is 0.114. The minimum Gasteiger partial charge on any atom is -0.450 e. The topological polar surface area (TPSA) is 96.6 Å². The second-order valence-corrected chi connectivity index (χ2v) is 13.9. The molecule has 4 heterocycles. The van der Waals surface area contributed by atoms with E-state index in [1.165, 1.54) is 22.7 Å². The number of carbonyl (C=O) groups excluding carboxylic acids is 2. The lowest BCUT2D eigenvalue weighted by Gasteiger charge is -2.32. The third-order valence-electron chi connectivity index (χ3n) is 8.39. The Balaban J connectivity index is 1.32. The summed E-state index contributed by atoms with van der Waals surface area (Å²) in [5.74, 6) is -1.65. The van der Waals surface area contributed by atoms with Gasteiger partial charge in [0, 0.05) is 16.3 Å². The molecule has 1 atom stereocenters. The zero-order chi connectivity index (χ0) is 32.4. The molecule has 2 amide bonds. The molecule has 0 radical (unpaired) electrons. The first kappa shape index (κ1) is 29.6. The van der Waals surface area contributed by atoms with Crippen LogP contribution in [0.3, 0.4) is 0 Å². The molecule has 0 fully saturated rings. The Morgan fingerprint density at radius 1 is 0.936 bits per heavy atom. The number of halogens is 2. The van der Waals surface area contributed by atoms with Crippen LogP contribution in [0.15, 0.2) is 105 Å². The molecule has 4 aromatic carbocycles. The van der Waals surface area contributed by atoms with E-state index in [2.05, 4.69) is 10.2 Å². The van der Waals surface area contributed by atoms with Crippen LogP contribution in [0.1, 0.15) is 38.4 Å². The second-order valence-electron chi connectivity index (χ2n) is 11.3. The van der Waals surface area contributed by atoms with Gasteiger partial charge in [0.1, 0.15) is 11.4 Å². The summed E-state index contributed by atoms with van der Waals surface area (Å²) >= 11 is 8.69. The minimum atomic E-state index is -1.97. The van der Waals surface area contributed by atoms with Gasteiger partial charge in [-0.1, -0.05) is 94.9 Å². The molecule has 2 aliphatic rings. The van der Waals surface area contributed by atoms with Crippen molar-refractivity contribution in [2.45, 2.75) is 29.1 Å². The number of benzene rings is 4. The first-order chi connectivity index (χ1) is 22.8. The summed E-state index contributed by atoms with van der Waals surface area (Å²) < 4.78 is 21.1. The van der Waals surface area contributed by atoms with Crippen LogP contribution in [-0.2, 0) is 22.6 Å². The first-order valence-electron chi connectivity index (χ1n) is 14.5. The lowest BCUT2D eigenvalue weighted by Crippen LogP contribution is -2.53. The fourth-order valence-corrected chi connectivity index (χ4v) is 8.34. The van der Waals surface area contributed by atoms with Crippen molar-refractivity contribution >= 4 is 68.3 Å². The van der Waals surface area contributed by atoms with Crippen LogP contribution in [-0.4, -0.2) is 22.0 Å². The maximum Gasteiger partial charge on any atom is 0.297 e. The number of rotatable bonds is 6. The van der Waals surface area contributed by atoms with Crippen molar-refractivity contribution in [3.63, 3.8) is 0 Å². The molecule has 0 saturated carbocycles. The van der Waals surface area contributed by atoms with Gasteiger partial charge in [-0.3, -0.25) is 19.3 Å². The molecule has 232 valence electrons. The number of hydrogen-bond acceptors (Lipinski definition) is 8. The quantitative estimate of drug-likeness (QED) is 0.133. The van der Waals surface area contributed by atoms with Gasteiger partial charge in [-0.05, 0) is 54.4 Å². The average molecular weight is 681 g/mol. The van der Waals surface area contributed by atoms with Crippen molar-refractivity contribution in [2.75, 3.05) is 9.80 Å². The van der Waals surface area contributed by atoms with Crippen LogP contribution < -0.4 is 15.2 Å². The SMILES string of the molecule is Cc1ccc(CN2C(=O)C3(c4ccccc42)c2c(oc4ccc(F)cc4c2=O)C(=O)N3c2nnc(SCc3cccc(Cl)c3)s2)cc1. The van der Waals surface area contributed by atoms with Crippen molar-refractivity contribution in [3.05, 3.63) is 146 Å². The van der Waals surface area contributed by atoms with Gasteiger partial charge in [0.2, 0.25) is 10.9 Å². The maximum absolute atomic E-state index is 15.1. The van der Waals surface area contributed by atoms with Crippen molar-refractivity contribution in [2.24, 2.45) is 0 Å². The second kappa shape index (κ2) is 11.2. The normalized spacial score (nSPS) is 16.8. The van der Waals surface area contributed by atoms with Crippen molar-refractivity contribution < 1.29 is 18.4 Å². The van der Waals surface area contributed by atoms with Crippen LogP contribution in [0.4, 0.5) is 15.2 Å². The number of aryl methyl sites for hydroxylation is 1. The van der Waals surface area contributed by atoms with Crippen LogP contribution in [0.2, 0.25) is 5.02 Å². The van der Waals surface area contributed by atoms with E-state index < -0.39 is 28.6 Å². The Morgan fingerprint density at radius 3 is 2.55 bits per heavy atom. The minimum absolute atomic E-state index is 0.0331. The highest BCUT2D eigenvalue weighted by Gasteiger charge is 2.66. The Bertz CT molecular complexity index is 2330. The molecule has 0 N–H and O–H groups in total. The lowest BCUT2D eigenvalue weighted by atomic mass is 9.84. The van der Waals surface area contributed by atoms with Crippen LogP contribution in [0.5, 0.6) is 0 Å². The zero-order valence-electron chi connectivity index (χ0n) is 24.6. The highest BCUT2D eigenvalue weighted by Crippen LogP contribution is 2.55. The number of hydrogen-bond donors (Lipinski definition) is 0. The Hall–Kier alpha value is -4.84. The summed E-state index contributed by atoms with van der Waals surface area (Å²) in [6.07, 6.45) is 0. The first-order valence-corrected chi connectivity index (χ1v) is 16.7. The lowest BCUT2D eigenvalue weighted by molar-refractivity contribution is -0.121. The summed E-state index contributed by atoms with van der Waals surface area (Å²) in [6, 6.07) is 25.8. The molecule has 47 heavy (non-hydrogen) atoms. The van der Waals surface area contributed by atoms with Crippen molar-refractivity contribution in [1.29, 1.82) is 0 Å². The van der Waals surface area contributed by atoms with Crippen molar-refractivity contribution in [3.8, 4) is 0 Å². The number of aromatic nitrogens is 2. The fourth-order valence-electron chi connectivity index (χ4n) is 6.29. The molecule has 8 rings (SSSR count). The van der Waals surface area contributed by atoms with Crippen LogP contribution >= 0.6 is 34.7 Å². The molecule has 2 aliphatic heterocycles. The summed E-state index contributed by atoms with van der Waals surface area (Å²) in [5.41, 5.74) is 1.06. The van der Waals surface area contributed by atoms with E-state index in [0.717, 1.165) is 40.2 Å². The van der Waals surface area contributed by atoms with Crippen molar-refractivity contribution in [1.82, 2.24) is 10.2 Å². The number of anilines is 2. The van der Waals surface area contributed by atoms with E-state index >= 15 is 4.79 Å². The largest absolute Gasteiger partial charge is 0.450 e. The molecule has 8 nitrogen and oxygen atoms in total. The Labute approximate surface area is 280 Å². The molecule has 1 spiro atoms. The van der Waals surface area contributed by atoms with E-state index in [4.69, 9.17) is 16.0 Å². The molecule has 0 saturated heterocycles. The smallest absolute Gasteiger partial charge is 0.297 e. The molecule has 1 unspecified atom stereocenters. The Morgan fingerprint density at radius 2 is 1.74 bits per heavy atom. The molecule has 0 bridgehead atoms. The molecular weight excluding hydrogens is 659 g/mol. The number of carbonyl (C=O) groups is 2. The third kappa shape index (κ3) is 4.60.